The van der Waals surface area contributed by atoms with E-state index in [1.165, 1.54) is 4.31 Å². The van der Waals surface area contributed by atoms with E-state index < -0.39 is 16.1 Å². The van der Waals surface area contributed by atoms with Gasteiger partial charge in [0, 0.05) is 42.0 Å². The zero-order valence-electron chi connectivity index (χ0n) is 24.5. The van der Waals surface area contributed by atoms with Gasteiger partial charge < -0.3 is 10.2 Å². The number of anilines is 1. The maximum atomic E-state index is 13.9. The van der Waals surface area contributed by atoms with Crippen molar-refractivity contribution in [3.05, 3.63) is 99.5 Å². The van der Waals surface area contributed by atoms with Crippen molar-refractivity contribution in [2.45, 2.75) is 65.1 Å². The van der Waals surface area contributed by atoms with Crippen LogP contribution in [-0.4, -0.2) is 50.0 Å². The topological polar surface area (TPSA) is 86.8 Å². The molecule has 0 radical (unpaired) electrons. The molecule has 0 aliphatic rings. The minimum absolute atomic E-state index is 0.0327. The summed E-state index contributed by atoms with van der Waals surface area (Å²) in [6, 6.07) is 20.9. The Hall–Kier alpha value is -3.07. The van der Waals surface area contributed by atoms with Crippen LogP contribution in [0, 0.1) is 6.92 Å². The largest absolute Gasteiger partial charge is 0.352 e. The summed E-state index contributed by atoms with van der Waals surface area (Å²) in [6.45, 7) is 6.00. The Labute approximate surface area is 259 Å². The third-order valence-corrected chi connectivity index (χ3v) is 8.85. The average molecular weight is 633 g/mol. The molecule has 0 heterocycles. The summed E-state index contributed by atoms with van der Waals surface area (Å²) in [5, 5.41) is 3.90. The molecule has 0 bridgehead atoms. The molecule has 0 aliphatic carbocycles. The summed E-state index contributed by atoms with van der Waals surface area (Å²) >= 11 is 12.6. The molecule has 0 aromatic heterocycles. The number of carbonyl (C=O) groups is 2. The van der Waals surface area contributed by atoms with E-state index in [2.05, 4.69) is 5.32 Å². The molecule has 0 fully saturated rings. The van der Waals surface area contributed by atoms with Crippen LogP contribution in [0.25, 0.3) is 0 Å². The van der Waals surface area contributed by atoms with Gasteiger partial charge in [0.05, 0.1) is 11.9 Å². The lowest BCUT2D eigenvalue weighted by atomic mass is 10.0. The smallest absolute Gasteiger partial charge is 0.243 e. The molecule has 1 N–H and O–H groups in total. The van der Waals surface area contributed by atoms with Crippen molar-refractivity contribution in [2.24, 2.45) is 0 Å². The quantitative estimate of drug-likeness (QED) is 0.223. The van der Waals surface area contributed by atoms with Gasteiger partial charge in [0.15, 0.2) is 0 Å². The van der Waals surface area contributed by atoms with Gasteiger partial charge in [0.1, 0.15) is 6.04 Å². The number of aryl methyl sites for hydroxylation is 1. The average Bonchev–Trinajstić information content (AvgIpc) is 2.93. The lowest BCUT2D eigenvalue weighted by Crippen LogP contribution is -2.52. The van der Waals surface area contributed by atoms with Crippen LogP contribution in [0.4, 0.5) is 5.69 Å². The van der Waals surface area contributed by atoms with E-state index in [0.717, 1.165) is 23.8 Å². The van der Waals surface area contributed by atoms with Gasteiger partial charge in [0.2, 0.25) is 21.8 Å². The van der Waals surface area contributed by atoms with Crippen molar-refractivity contribution >= 4 is 50.7 Å². The van der Waals surface area contributed by atoms with E-state index in [1.807, 2.05) is 57.2 Å². The molecule has 10 heteroatoms. The molecule has 0 saturated heterocycles. The summed E-state index contributed by atoms with van der Waals surface area (Å²) < 4.78 is 26.6. The highest BCUT2D eigenvalue weighted by molar-refractivity contribution is 7.92. The molecule has 226 valence electrons. The number of amides is 2. The second kappa shape index (κ2) is 15.4. The number of benzene rings is 3. The number of halogens is 2. The van der Waals surface area contributed by atoms with Crippen molar-refractivity contribution < 1.29 is 18.0 Å². The predicted molar refractivity (Wildman–Crippen MR) is 171 cm³/mol. The minimum atomic E-state index is -3.58. The maximum Gasteiger partial charge on any atom is 0.243 e. The van der Waals surface area contributed by atoms with Crippen LogP contribution >= 0.6 is 23.2 Å². The summed E-state index contributed by atoms with van der Waals surface area (Å²) in [6.07, 6.45) is 2.49. The molecule has 7 nitrogen and oxygen atoms in total. The molecule has 0 saturated carbocycles. The van der Waals surface area contributed by atoms with E-state index in [0.29, 0.717) is 27.7 Å². The van der Waals surface area contributed by atoms with Crippen LogP contribution in [0.3, 0.4) is 0 Å². The molecular formula is C32H39Cl2N3O4S. The fraction of sp³-hybridized carbons (Fsp3) is 0.375. The third-order valence-electron chi connectivity index (χ3n) is 7.07. The lowest BCUT2D eigenvalue weighted by molar-refractivity contribution is -0.141. The Kier molecular flexibility index (Phi) is 12.3. The number of hydrogen-bond acceptors (Lipinski definition) is 4. The molecule has 0 spiro atoms. The van der Waals surface area contributed by atoms with Crippen LogP contribution in [0.15, 0.2) is 72.8 Å². The maximum absolute atomic E-state index is 13.9. The number of nitrogens with zero attached hydrogens (tertiary/aromatic N) is 2. The highest BCUT2D eigenvalue weighted by atomic mass is 35.5. The minimum Gasteiger partial charge on any atom is -0.352 e. The van der Waals surface area contributed by atoms with Crippen molar-refractivity contribution in [2.75, 3.05) is 17.1 Å². The molecule has 3 rings (SSSR count). The number of sulfonamides is 1. The number of carbonyl (C=O) groups excluding carboxylic acids is 2. The Morgan fingerprint density at radius 1 is 0.976 bits per heavy atom. The van der Waals surface area contributed by atoms with Gasteiger partial charge in [0.25, 0.3) is 0 Å². The van der Waals surface area contributed by atoms with Crippen LogP contribution in [0.5, 0.6) is 0 Å². The van der Waals surface area contributed by atoms with Crippen LogP contribution in [0.2, 0.25) is 10.0 Å². The molecule has 3 aromatic rings. The standard InChI is InChI=1S/C32H39Cl2N3O4S/c1-5-24(3)35-32(39)30(20-25-12-7-6-8-13-25)36(22-26-16-17-27(33)21-29(26)34)31(38)15-10-18-37(42(4,40)41)28-14-9-11-23(2)19-28/h6-9,11-14,16-17,19,21,24,30H,5,10,15,18,20,22H2,1-4H3,(H,35,39)/t24-,30-/m0/s1. The SMILES string of the molecule is CC[C@H](C)NC(=O)[C@H](Cc1ccccc1)N(Cc1ccc(Cl)cc1Cl)C(=O)CCCN(c1cccc(C)c1)S(C)(=O)=O. The van der Waals surface area contributed by atoms with E-state index in [4.69, 9.17) is 23.2 Å². The van der Waals surface area contributed by atoms with Crippen molar-refractivity contribution in [1.82, 2.24) is 10.2 Å². The first-order chi connectivity index (χ1) is 19.9. The van der Waals surface area contributed by atoms with E-state index >= 15 is 0 Å². The van der Waals surface area contributed by atoms with Crippen molar-refractivity contribution in [3.8, 4) is 0 Å². The first kappa shape index (κ1) is 33.4. The van der Waals surface area contributed by atoms with Gasteiger partial charge in [-0.25, -0.2) is 8.42 Å². The second-order valence-corrected chi connectivity index (χ2v) is 13.3. The first-order valence-electron chi connectivity index (χ1n) is 14.0. The summed E-state index contributed by atoms with van der Waals surface area (Å²) in [7, 11) is -3.58. The van der Waals surface area contributed by atoms with Crippen LogP contribution in [-0.2, 0) is 32.6 Å². The van der Waals surface area contributed by atoms with Crippen molar-refractivity contribution in [1.29, 1.82) is 0 Å². The van der Waals surface area contributed by atoms with E-state index in [9.17, 15) is 18.0 Å². The zero-order chi connectivity index (χ0) is 30.9. The number of rotatable bonds is 14. The monoisotopic (exact) mass is 631 g/mol. The first-order valence-corrected chi connectivity index (χ1v) is 16.6. The summed E-state index contributed by atoms with van der Waals surface area (Å²) in [5.74, 6) is -0.539. The molecule has 2 amide bonds. The normalized spacial score (nSPS) is 12.8. The van der Waals surface area contributed by atoms with Gasteiger partial charge in [-0.2, -0.15) is 0 Å². The van der Waals surface area contributed by atoms with E-state index in [1.54, 1.807) is 41.3 Å². The molecule has 2 atom stereocenters. The van der Waals surface area contributed by atoms with Gasteiger partial charge in [-0.05, 0) is 67.6 Å². The zero-order valence-corrected chi connectivity index (χ0v) is 26.8. The second-order valence-electron chi connectivity index (χ2n) is 10.6. The highest BCUT2D eigenvalue weighted by Gasteiger charge is 2.31. The van der Waals surface area contributed by atoms with Crippen molar-refractivity contribution in [3.63, 3.8) is 0 Å². The summed E-state index contributed by atoms with van der Waals surface area (Å²) in [4.78, 5) is 29.2. The number of nitrogens with one attached hydrogen (secondary N) is 1. The Balaban J connectivity index is 1.92. The van der Waals surface area contributed by atoms with Crippen LogP contribution in [0.1, 0.15) is 49.8 Å². The van der Waals surface area contributed by atoms with E-state index in [-0.39, 0.29) is 43.8 Å². The number of hydrogen-bond donors (Lipinski definition) is 1. The molecule has 0 aliphatic heterocycles. The fourth-order valence-corrected chi connectivity index (χ4v) is 6.04. The molecule has 42 heavy (non-hydrogen) atoms. The molecule has 3 aromatic carbocycles. The van der Waals surface area contributed by atoms with Gasteiger partial charge in [-0.1, -0.05) is 78.7 Å². The Morgan fingerprint density at radius 3 is 2.31 bits per heavy atom. The molecular weight excluding hydrogens is 593 g/mol. The fourth-order valence-electron chi connectivity index (χ4n) is 4.62. The third kappa shape index (κ3) is 9.75. The summed E-state index contributed by atoms with van der Waals surface area (Å²) in [5.41, 5.74) is 3.04. The van der Waals surface area contributed by atoms with Gasteiger partial charge >= 0.3 is 0 Å². The Morgan fingerprint density at radius 2 is 1.69 bits per heavy atom. The highest BCUT2D eigenvalue weighted by Crippen LogP contribution is 2.25. The Bertz CT molecular complexity index is 1470. The van der Waals surface area contributed by atoms with Gasteiger partial charge in [-0.15, -0.1) is 0 Å². The van der Waals surface area contributed by atoms with Gasteiger partial charge in [-0.3, -0.25) is 13.9 Å². The predicted octanol–water partition coefficient (Wildman–Crippen LogP) is 6.40. The van der Waals surface area contributed by atoms with Crippen LogP contribution < -0.4 is 9.62 Å². The molecule has 0 unspecified atom stereocenters. The lowest BCUT2D eigenvalue weighted by Gasteiger charge is -2.33.